The molecule has 1 saturated heterocycles. The van der Waals surface area contributed by atoms with Gasteiger partial charge in [0.25, 0.3) is 0 Å². The van der Waals surface area contributed by atoms with Crippen molar-refractivity contribution in [1.82, 2.24) is 10.0 Å². The minimum Gasteiger partial charge on any atom is -0.316 e. The molecular weight excluding hydrogens is 276 g/mol. The molecule has 108 valence electrons. The third-order valence-corrected chi connectivity index (χ3v) is 5.66. The third-order valence-electron chi connectivity index (χ3n) is 3.13. The molecule has 6 nitrogen and oxygen atoms in total. The lowest BCUT2D eigenvalue weighted by atomic mass is 9.83. The summed E-state index contributed by atoms with van der Waals surface area (Å²) in [4.78, 5) is 0. The van der Waals surface area contributed by atoms with Crippen LogP contribution in [-0.4, -0.2) is 54.2 Å². The summed E-state index contributed by atoms with van der Waals surface area (Å²) in [7, 11) is -6.76. The predicted octanol–water partition coefficient (Wildman–Crippen LogP) is -0.660. The van der Waals surface area contributed by atoms with E-state index in [1.165, 1.54) is 0 Å². The molecule has 18 heavy (non-hydrogen) atoms. The zero-order valence-corrected chi connectivity index (χ0v) is 12.5. The van der Waals surface area contributed by atoms with E-state index in [1.54, 1.807) is 0 Å². The van der Waals surface area contributed by atoms with E-state index in [-0.39, 0.29) is 16.9 Å². The minimum atomic E-state index is -3.51. The second-order valence-corrected chi connectivity index (χ2v) is 9.55. The first-order valence-electron chi connectivity index (χ1n) is 5.98. The average molecular weight is 298 g/mol. The molecular formula is C10H22N2O4S2. The van der Waals surface area contributed by atoms with Crippen LogP contribution in [0.15, 0.2) is 0 Å². The van der Waals surface area contributed by atoms with Crippen molar-refractivity contribution in [3.05, 3.63) is 0 Å². The molecule has 1 rings (SSSR count). The number of rotatable bonds is 6. The van der Waals surface area contributed by atoms with Crippen LogP contribution in [0.1, 0.15) is 19.8 Å². The molecule has 8 heteroatoms. The second kappa shape index (κ2) is 5.85. The van der Waals surface area contributed by atoms with Gasteiger partial charge in [-0.15, -0.1) is 0 Å². The van der Waals surface area contributed by atoms with E-state index < -0.39 is 19.9 Å². The van der Waals surface area contributed by atoms with Gasteiger partial charge in [0, 0.05) is 19.3 Å². The molecule has 0 spiro atoms. The zero-order chi connectivity index (χ0) is 13.9. The molecule has 0 aromatic carbocycles. The Morgan fingerprint density at radius 1 is 1.22 bits per heavy atom. The maximum Gasteiger partial charge on any atom is 0.212 e. The average Bonchev–Trinajstić information content (AvgIpc) is 2.25. The SMILES string of the molecule is CC1(CNS(=O)(=O)CCS(C)(=O)=O)CCCNC1. The van der Waals surface area contributed by atoms with Gasteiger partial charge >= 0.3 is 0 Å². The van der Waals surface area contributed by atoms with Gasteiger partial charge < -0.3 is 5.32 Å². The number of piperidine rings is 1. The van der Waals surface area contributed by atoms with Gasteiger partial charge in [-0.2, -0.15) is 0 Å². The first-order chi connectivity index (χ1) is 8.12. The second-order valence-electron chi connectivity index (χ2n) is 5.36. The Balaban J connectivity index is 2.46. The molecule has 0 amide bonds. The Morgan fingerprint density at radius 2 is 1.89 bits per heavy atom. The molecule has 1 atom stereocenters. The molecule has 2 N–H and O–H groups in total. The quantitative estimate of drug-likeness (QED) is 0.679. The molecule has 1 unspecified atom stereocenters. The fourth-order valence-corrected chi connectivity index (χ4v) is 4.69. The Kier molecular flexibility index (Phi) is 5.16. The van der Waals surface area contributed by atoms with Crippen molar-refractivity contribution in [2.45, 2.75) is 19.8 Å². The minimum absolute atomic E-state index is 0.0869. The van der Waals surface area contributed by atoms with Crippen LogP contribution >= 0.6 is 0 Å². The highest BCUT2D eigenvalue weighted by Crippen LogP contribution is 2.24. The summed E-state index contributed by atoms with van der Waals surface area (Å²) in [5.41, 5.74) is -0.0869. The normalized spacial score (nSPS) is 26.1. The lowest BCUT2D eigenvalue weighted by Gasteiger charge is -2.34. The van der Waals surface area contributed by atoms with Gasteiger partial charge in [-0.1, -0.05) is 6.92 Å². The molecule has 0 radical (unpaired) electrons. The predicted molar refractivity (Wildman–Crippen MR) is 71.7 cm³/mol. The van der Waals surface area contributed by atoms with Crippen molar-refractivity contribution >= 4 is 19.9 Å². The highest BCUT2D eigenvalue weighted by molar-refractivity contribution is 7.93. The van der Waals surface area contributed by atoms with E-state index in [0.717, 1.165) is 32.2 Å². The van der Waals surface area contributed by atoms with Crippen LogP contribution in [0.4, 0.5) is 0 Å². The van der Waals surface area contributed by atoms with Gasteiger partial charge in [-0.25, -0.2) is 21.6 Å². The molecule has 1 heterocycles. The summed E-state index contributed by atoms with van der Waals surface area (Å²) in [6.07, 6.45) is 3.03. The summed E-state index contributed by atoms with van der Waals surface area (Å²) >= 11 is 0. The van der Waals surface area contributed by atoms with E-state index in [1.807, 2.05) is 6.92 Å². The van der Waals surface area contributed by atoms with Gasteiger partial charge in [0.05, 0.1) is 11.5 Å². The molecule has 0 aromatic heterocycles. The lowest BCUT2D eigenvalue weighted by molar-refractivity contribution is 0.238. The first kappa shape index (κ1) is 15.9. The first-order valence-corrected chi connectivity index (χ1v) is 9.69. The number of sulfonamides is 1. The molecule has 1 aliphatic rings. The van der Waals surface area contributed by atoms with Gasteiger partial charge in [-0.3, -0.25) is 0 Å². The maximum atomic E-state index is 11.7. The number of hydrogen-bond acceptors (Lipinski definition) is 5. The van der Waals surface area contributed by atoms with Gasteiger partial charge in [0.1, 0.15) is 9.84 Å². The summed E-state index contributed by atoms with van der Waals surface area (Å²) in [5, 5.41) is 3.24. The van der Waals surface area contributed by atoms with Crippen LogP contribution in [-0.2, 0) is 19.9 Å². The van der Waals surface area contributed by atoms with E-state index in [4.69, 9.17) is 0 Å². The summed E-state index contributed by atoms with van der Waals surface area (Å²) in [6.45, 7) is 4.13. The van der Waals surface area contributed by atoms with Crippen LogP contribution in [0.25, 0.3) is 0 Å². The van der Waals surface area contributed by atoms with E-state index in [2.05, 4.69) is 10.0 Å². The van der Waals surface area contributed by atoms with Crippen LogP contribution in [0, 0.1) is 5.41 Å². The van der Waals surface area contributed by atoms with Gasteiger partial charge in [-0.05, 0) is 24.8 Å². The van der Waals surface area contributed by atoms with Crippen LogP contribution in [0.2, 0.25) is 0 Å². The lowest BCUT2D eigenvalue weighted by Crippen LogP contribution is -2.46. The molecule has 0 saturated carbocycles. The summed E-state index contributed by atoms with van der Waals surface area (Å²) in [5.74, 6) is -0.702. The Labute approximate surface area is 110 Å². The fraction of sp³-hybridized carbons (Fsp3) is 1.00. The van der Waals surface area contributed by atoms with Gasteiger partial charge in [0.2, 0.25) is 10.0 Å². The zero-order valence-electron chi connectivity index (χ0n) is 10.9. The standard InChI is InChI=1S/C10H22N2O4S2/c1-10(4-3-5-11-8-10)9-12-18(15,16)7-6-17(2,13)14/h11-12H,3-9H2,1-2H3. The Morgan fingerprint density at radius 3 is 2.39 bits per heavy atom. The summed E-state index contributed by atoms with van der Waals surface area (Å²) < 4.78 is 47.7. The Hall–Kier alpha value is -0.180. The molecule has 0 aliphatic carbocycles. The highest BCUT2D eigenvalue weighted by atomic mass is 32.2. The largest absolute Gasteiger partial charge is 0.316 e. The van der Waals surface area contributed by atoms with Crippen molar-refractivity contribution < 1.29 is 16.8 Å². The Bertz CT molecular complexity index is 464. The van der Waals surface area contributed by atoms with E-state index >= 15 is 0 Å². The van der Waals surface area contributed by atoms with Crippen molar-refractivity contribution in [1.29, 1.82) is 0 Å². The fourth-order valence-electron chi connectivity index (χ4n) is 1.89. The topological polar surface area (TPSA) is 92.3 Å². The number of hydrogen-bond donors (Lipinski definition) is 2. The highest BCUT2D eigenvalue weighted by Gasteiger charge is 2.28. The van der Waals surface area contributed by atoms with Crippen LogP contribution < -0.4 is 10.0 Å². The number of nitrogens with one attached hydrogen (secondary N) is 2. The van der Waals surface area contributed by atoms with Gasteiger partial charge in [0.15, 0.2) is 0 Å². The molecule has 1 aliphatic heterocycles. The summed E-state index contributed by atoms with van der Waals surface area (Å²) in [6, 6.07) is 0. The van der Waals surface area contributed by atoms with Crippen molar-refractivity contribution in [2.24, 2.45) is 5.41 Å². The molecule has 0 aromatic rings. The number of sulfone groups is 1. The van der Waals surface area contributed by atoms with Crippen LogP contribution in [0.3, 0.4) is 0 Å². The molecule has 1 fully saturated rings. The smallest absolute Gasteiger partial charge is 0.212 e. The van der Waals surface area contributed by atoms with Crippen molar-refractivity contribution in [3.63, 3.8) is 0 Å². The van der Waals surface area contributed by atoms with Crippen molar-refractivity contribution in [2.75, 3.05) is 37.4 Å². The maximum absolute atomic E-state index is 11.7. The molecule has 0 bridgehead atoms. The third kappa shape index (κ3) is 6.12. The monoisotopic (exact) mass is 298 g/mol. The van der Waals surface area contributed by atoms with E-state index in [9.17, 15) is 16.8 Å². The van der Waals surface area contributed by atoms with E-state index in [0.29, 0.717) is 6.54 Å². The van der Waals surface area contributed by atoms with Crippen LogP contribution in [0.5, 0.6) is 0 Å². The van der Waals surface area contributed by atoms with Crippen molar-refractivity contribution in [3.8, 4) is 0 Å².